The van der Waals surface area contributed by atoms with Gasteiger partial charge in [0.15, 0.2) is 11.5 Å². The number of hydrogen-bond donors (Lipinski definition) is 2. The van der Waals surface area contributed by atoms with Crippen LogP contribution in [0.4, 0.5) is 0 Å². The maximum absolute atomic E-state index is 12.2. The van der Waals surface area contributed by atoms with Crippen molar-refractivity contribution in [3.05, 3.63) is 22.2 Å². The Hall–Kier alpha value is -1.27. The summed E-state index contributed by atoms with van der Waals surface area (Å²) in [6.07, 6.45) is 3.56. The Morgan fingerprint density at radius 1 is 1.33 bits per heavy atom. The first-order valence-electron chi connectivity index (χ1n) is 6.98. The van der Waals surface area contributed by atoms with E-state index in [1.165, 1.54) is 0 Å². The van der Waals surface area contributed by atoms with E-state index in [-0.39, 0.29) is 5.91 Å². The van der Waals surface area contributed by atoms with Crippen LogP contribution in [0.5, 0.6) is 11.5 Å². The number of amides is 1. The first-order chi connectivity index (χ1) is 10.00. The number of hydrogen-bond acceptors (Lipinski definition) is 4. The van der Waals surface area contributed by atoms with Gasteiger partial charge in [-0.1, -0.05) is 12.8 Å². The molecule has 0 atom stereocenters. The lowest BCUT2D eigenvalue weighted by molar-refractivity contribution is -0.126. The third-order valence-electron chi connectivity index (χ3n) is 3.89. The normalized spacial score (nSPS) is 16.6. The van der Waals surface area contributed by atoms with Gasteiger partial charge in [-0.3, -0.25) is 4.79 Å². The Morgan fingerprint density at radius 3 is 2.57 bits per heavy atom. The topological polar surface area (TPSA) is 73.6 Å². The van der Waals surface area contributed by atoms with Crippen molar-refractivity contribution >= 4 is 21.8 Å². The number of halogens is 1. The first kappa shape index (κ1) is 16.1. The average Bonchev–Trinajstić information content (AvgIpc) is 2.92. The molecule has 0 saturated heterocycles. The van der Waals surface area contributed by atoms with Gasteiger partial charge in [0.05, 0.1) is 24.2 Å². The SMILES string of the molecule is COc1cc(CNC(=O)C2(N)CCCC2)cc(Br)c1OC. The Kier molecular flexibility index (Phi) is 5.11. The Balaban J connectivity index is 2.06. The molecular formula is C15H21BrN2O3. The second kappa shape index (κ2) is 6.66. The number of nitrogens with one attached hydrogen (secondary N) is 1. The lowest BCUT2D eigenvalue weighted by atomic mass is 9.98. The van der Waals surface area contributed by atoms with Crippen molar-refractivity contribution in [3.63, 3.8) is 0 Å². The fourth-order valence-corrected chi connectivity index (χ4v) is 3.32. The monoisotopic (exact) mass is 356 g/mol. The van der Waals surface area contributed by atoms with Gasteiger partial charge in [-0.25, -0.2) is 0 Å². The summed E-state index contributed by atoms with van der Waals surface area (Å²) in [6, 6.07) is 3.75. The molecule has 1 aromatic carbocycles. The highest BCUT2D eigenvalue weighted by atomic mass is 79.9. The average molecular weight is 357 g/mol. The molecule has 2 rings (SSSR count). The summed E-state index contributed by atoms with van der Waals surface area (Å²) >= 11 is 3.44. The highest BCUT2D eigenvalue weighted by Gasteiger charge is 2.36. The van der Waals surface area contributed by atoms with Crippen molar-refractivity contribution in [2.45, 2.75) is 37.8 Å². The van der Waals surface area contributed by atoms with Crippen molar-refractivity contribution in [1.29, 1.82) is 0 Å². The molecule has 0 aliphatic heterocycles. The van der Waals surface area contributed by atoms with E-state index in [4.69, 9.17) is 15.2 Å². The number of benzene rings is 1. The van der Waals surface area contributed by atoms with Gasteiger partial charge in [0, 0.05) is 6.54 Å². The van der Waals surface area contributed by atoms with Crippen LogP contribution in [0, 0.1) is 0 Å². The predicted octanol–water partition coefficient (Wildman–Crippen LogP) is 2.35. The standard InChI is InChI=1S/C15H21BrN2O3/c1-20-12-8-10(7-11(16)13(12)21-2)9-18-14(19)15(17)5-3-4-6-15/h7-8H,3-6,9,17H2,1-2H3,(H,18,19). The van der Waals surface area contributed by atoms with E-state index in [0.29, 0.717) is 18.0 Å². The molecule has 21 heavy (non-hydrogen) atoms. The zero-order valence-corrected chi connectivity index (χ0v) is 14.0. The van der Waals surface area contributed by atoms with Crippen LogP contribution < -0.4 is 20.5 Å². The van der Waals surface area contributed by atoms with Crippen LogP contribution in [-0.4, -0.2) is 25.7 Å². The molecule has 1 fully saturated rings. The van der Waals surface area contributed by atoms with E-state index >= 15 is 0 Å². The minimum Gasteiger partial charge on any atom is -0.493 e. The molecule has 0 spiro atoms. The number of rotatable bonds is 5. The summed E-state index contributed by atoms with van der Waals surface area (Å²) in [5.41, 5.74) is 6.36. The smallest absolute Gasteiger partial charge is 0.240 e. The van der Waals surface area contributed by atoms with E-state index in [0.717, 1.165) is 35.7 Å². The second-order valence-corrected chi connectivity index (χ2v) is 6.21. The van der Waals surface area contributed by atoms with Crippen LogP contribution in [0.25, 0.3) is 0 Å². The zero-order chi connectivity index (χ0) is 15.5. The summed E-state index contributed by atoms with van der Waals surface area (Å²) in [6.45, 7) is 0.413. The van der Waals surface area contributed by atoms with Gasteiger partial charge >= 0.3 is 0 Å². The van der Waals surface area contributed by atoms with Crippen LogP contribution in [-0.2, 0) is 11.3 Å². The molecule has 0 bridgehead atoms. The maximum atomic E-state index is 12.2. The van der Waals surface area contributed by atoms with Crippen molar-refractivity contribution in [1.82, 2.24) is 5.32 Å². The maximum Gasteiger partial charge on any atom is 0.240 e. The lowest BCUT2D eigenvalue weighted by Crippen LogP contribution is -2.51. The van der Waals surface area contributed by atoms with Crippen LogP contribution in [0.15, 0.2) is 16.6 Å². The fraction of sp³-hybridized carbons (Fsp3) is 0.533. The van der Waals surface area contributed by atoms with Gasteiger partial charge in [-0.2, -0.15) is 0 Å². The number of ether oxygens (including phenoxy) is 2. The molecule has 5 nitrogen and oxygen atoms in total. The van der Waals surface area contributed by atoms with Crippen LogP contribution in [0.2, 0.25) is 0 Å². The summed E-state index contributed by atoms with van der Waals surface area (Å²) in [5, 5.41) is 2.92. The summed E-state index contributed by atoms with van der Waals surface area (Å²) < 4.78 is 11.3. The molecule has 0 radical (unpaired) electrons. The molecular weight excluding hydrogens is 336 g/mol. The quantitative estimate of drug-likeness (QED) is 0.849. The van der Waals surface area contributed by atoms with Gasteiger partial charge in [0.2, 0.25) is 5.91 Å². The zero-order valence-electron chi connectivity index (χ0n) is 12.4. The van der Waals surface area contributed by atoms with Crippen molar-refractivity contribution < 1.29 is 14.3 Å². The minimum atomic E-state index is -0.701. The molecule has 1 aromatic rings. The highest BCUT2D eigenvalue weighted by Crippen LogP contribution is 2.36. The molecule has 1 saturated carbocycles. The number of carbonyl (C=O) groups is 1. The van der Waals surface area contributed by atoms with Gasteiger partial charge in [-0.15, -0.1) is 0 Å². The van der Waals surface area contributed by atoms with Crippen LogP contribution in [0.3, 0.4) is 0 Å². The summed E-state index contributed by atoms with van der Waals surface area (Å²) in [5.74, 6) is 1.18. The Morgan fingerprint density at radius 2 is 2.00 bits per heavy atom. The molecule has 1 aliphatic rings. The molecule has 6 heteroatoms. The predicted molar refractivity (Wildman–Crippen MR) is 84.5 cm³/mol. The van der Waals surface area contributed by atoms with Crippen LogP contribution >= 0.6 is 15.9 Å². The van der Waals surface area contributed by atoms with Gasteiger partial charge < -0.3 is 20.5 Å². The summed E-state index contributed by atoms with van der Waals surface area (Å²) in [7, 11) is 3.17. The molecule has 1 aliphatic carbocycles. The third-order valence-corrected chi connectivity index (χ3v) is 4.48. The molecule has 116 valence electrons. The molecule has 3 N–H and O–H groups in total. The Labute approximate surface area is 133 Å². The minimum absolute atomic E-state index is 0.0779. The van der Waals surface area contributed by atoms with E-state index < -0.39 is 5.54 Å². The number of methoxy groups -OCH3 is 2. The van der Waals surface area contributed by atoms with Crippen LogP contribution in [0.1, 0.15) is 31.2 Å². The molecule has 0 heterocycles. The van der Waals surface area contributed by atoms with Gasteiger partial charge in [-0.05, 0) is 46.5 Å². The van der Waals surface area contributed by atoms with E-state index in [2.05, 4.69) is 21.2 Å². The largest absolute Gasteiger partial charge is 0.493 e. The van der Waals surface area contributed by atoms with E-state index in [1.807, 2.05) is 12.1 Å². The lowest BCUT2D eigenvalue weighted by Gasteiger charge is -2.22. The molecule has 0 unspecified atom stereocenters. The molecule has 0 aromatic heterocycles. The van der Waals surface area contributed by atoms with Gasteiger partial charge in [0.25, 0.3) is 0 Å². The van der Waals surface area contributed by atoms with Crippen molar-refractivity contribution in [2.24, 2.45) is 5.73 Å². The third kappa shape index (κ3) is 3.49. The summed E-state index contributed by atoms with van der Waals surface area (Å²) in [4.78, 5) is 12.2. The van der Waals surface area contributed by atoms with E-state index in [9.17, 15) is 4.79 Å². The highest BCUT2D eigenvalue weighted by molar-refractivity contribution is 9.10. The van der Waals surface area contributed by atoms with Gasteiger partial charge in [0.1, 0.15) is 0 Å². The first-order valence-corrected chi connectivity index (χ1v) is 7.77. The van der Waals surface area contributed by atoms with Crippen molar-refractivity contribution in [3.8, 4) is 11.5 Å². The molecule has 1 amide bonds. The van der Waals surface area contributed by atoms with E-state index in [1.54, 1.807) is 14.2 Å². The van der Waals surface area contributed by atoms with Crippen molar-refractivity contribution in [2.75, 3.05) is 14.2 Å². The fourth-order valence-electron chi connectivity index (χ4n) is 2.66. The second-order valence-electron chi connectivity index (χ2n) is 5.36. The number of carbonyl (C=O) groups excluding carboxylic acids is 1. The Bertz CT molecular complexity index is 528. The number of nitrogens with two attached hydrogens (primary N) is 1.